The zero-order valence-corrected chi connectivity index (χ0v) is 21.0. The van der Waals surface area contributed by atoms with E-state index in [1.807, 2.05) is 0 Å². The summed E-state index contributed by atoms with van der Waals surface area (Å²) in [6.07, 6.45) is -3.78. The summed E-state index contributed by atoms with van der Waals surface area (Å²) in [6, 6.07) is 12.0. The Morgan fingerprint density at radius 2 is 1.84 bits per heavy atom. The lowest BCUT2D eigenvalue weighted by molar-refractivity contribution is -0.141. The number of carbonyl (C=O) groups is 1. The van der Waals surface area contributed by atoms with Crippen LogP contribution in [0, 0.1) is 5.82 Å². The summed E-state index contributed by atoms with van der Waals surface area (Å²) in [6.45, 7) is 1.36. The molecule has 1 amide bonds. The Bertz CT molecular complexity index is 1410. The molecule has 0 spiro atoms. The van der Waals surface area contributed by atoms with Crippen molar-refractivity contribution in [2.24, 2.45) is 5.73 Å². The van der Waals surface area contributed by atoms with Gasteiger partial charge < -0.3 is 15.8 Å². The second kappa shape index (κ2) is 10.9. The first-order valence-corrected chi connectivity index (χ1v) is 12.9. The molecule has 12 heteroatoms. The molecule has 0 aliphatic rings. The van der Waals surface area contributed by atoms with Gasteiger partial charge in [-0.05, 0) is 42.3 Å². The number of nitrogens with one attached hydrogen (secondary N) is 1. The van der Waals surface area contributed by atoms with Crippen molar-refractivity contribution in [1.29, 1.82) is 0 Å². The molecule has 3 N–H and O–H groups in total. The summed E-state index contributed by atoms with van der Waals surface area (Å²) in [4.78, 5) is 16.6. The van der Waals surface area contributed by atoms with Crippen molar-refractivity contribution in [2.45, 2.75) is 30.9 Å². The molecule has 1 aromatic heterocycles. The standard InChI is InChI=1S/C25H25F4N3O4S/c1-14(15-7-9-19(20(26)12-15)23(30)37(3,34)35)24(33)31-13-17-8-10-21(25(27,28)29)32-22(17)16-5-4-6-18(11-16)36-2/h4-12,14,23H,13,30H2,1-3H3,(H,31,33). The van der Waals surface area contributed by atoms with Gasteiger partial charge in [-0.25, -0.2) is 17.8 Å². The summed E-state index contributed by atoms with van der Waals surface area (Å²) in [7, 11) is -2.31. The Kier molecular flexibility index (Phi) is 8.23. The van der Waals surface area contributed by atoms with Gasteiger partial charge in [0.15, 0.2) is 9.84 Å². The minimum absolute atomic E-state index is 0.0202. The molecule has 3 rings (SSSR count). The van der Waals surface area contributed by atoms with Crippen LogP contribution in [-0.4, -0.2) is 32.7 Å². The number of ether oxygens (including phenoxy) is 1. The Morgan fingerprint density at radius 3 is 2.43 bits per heavy atom. The van der Waals surface area contributed by atoms with Gasteiger partial charge in [0.2, 0.25) is 5.91 Å². The van der Waals surface area contributed by atoms with E-state index in [4.69, 9.17) is 10.5 Å². The van der Waals surface area contributed by atoms with Crippen molar-refractivity contribution in [3.05, 3.63) is 82.8 Å². The van der Waals surface area contributed by atoms with Gasteiger partial charge in [-0.2, -0.15) is 13.2 Å². The number of methoxy groups -OCH3 is 1. The molecule has 198 valence electrons. The number of nitrogens with two attached hydrogens (primary N) is 1. The molecule has 3 aromatic rings. The van der Waals surface area contributed by atoms with E-state index in [1.54, 1.807) is 18.2 Å². The molecule has 0 aliphatic heterocycles. The van der Waals surface area contributed by atoms with Gasteiger partial charge in [-0.1, -0.05) is 30.3 Å². The molecule has 0 aliphatic carbocycles. The number of halogens is 4. The predicted octanol–water partition coefficient (Wildman–Crippen LogP) is 4.34. The van der Waals surface area contributed by atoms with Crippen LogP contribution in [0.3, 0.4) is 0 Å². The largest absolute Gasteiger partial charge is 0.497 e. The molecule has 2 unspecified atom stereocenters. The number of hydrogen-bond acceptors (Lipinski definition) is 6. The molecule has 0 bridgehead atoms. The molecule has 0 saturated heterocycles. The first-order valence-electron chi connectivity index (χ1n) is 11.0. The lowest BCUT2D eigenvalue weighted by Crippen LogP contribution is -2.28. The van der Waals surface area contributed by atoms with Gasteiger partial charge in [-0.15, -0.1) is 0 Å². The summed E-state index contributed by atoms with van der Waals surface area (Å²) in [5.41, 5.74) is 5.25. The smallest absolute Gasteiger partial charge is 0.433 e. The quantitative estimate of drug-likeness (QED) is 0.412. The minimum Gasteiger partial charge on any atom is -0.497 e. The lowest BCUT2D eigenvalue weighted by Gasteiger charge is -2.17. The van der Waals surface area contributed by atoms with Crippen LogP contribution >= 0.6 is 0 Å². The molecule has 0 fully saturated rings. The fourth-order valence-electron chi connectivity index (χ4n) is 3.57. The Hall–Kier alpha value is -3.51. The Morgan fingerprint density at radius 1 is 1.14 bits per heavy atom. The second-order valence-corrected chi connectivity index (χ2v) is 10.6. The van der Waals surface area contributed by atoms with E-state index in [0.29, 0.717) is 16.9 Å². The summed E-state index contributed by atoms with van der Waals surface area (Å²) >= 11 is 0. The molecule has 7 nitrogen and oxygen atoms in total. The number of nitrogens with zero attached hydrogens (tertiary/aromatic N) is 1. The number of amides is 1. The average Bonchev–Trinajstić information content (AvgIpc) is 2.85. The fourth-order valence-corrected chi connectivity index (χ4v) is 4.22. The molecule has 37 heavy (non-hydrogen) atoms. The molecule has 0 radical (unpaired) electrons. The van der Waals surface area contributed by atoms with Gasteiger partial charge in [0.05, 0.1) is 18.7 Å². The van der Waals surface area contributed by atoms with E-state index in [9.17, 15) is 30.8 Å². The third-order valence-electron chi connectivity index (χ3n) is 5.75. The number of sulfone groups is 1. The maximum atomic E-state index is 14.6. The van der Waals surface area contributed by atoms with E-state index in [0.717, 1.165) is 18.4 Å². The monoisotopic (exact) mass is 539 g/mol. The number of rotatable bonds is 8. The van der Waals surface area contributed by atoms with Gasteiger partial charge >= 0.3 is 6.18 Å². The second-order valence-electron chi connectivity index (χ2n) is 8.40. The van der Waals surface area contributed by atoms with E-state index in [2.05, 4.69) is 10.3 Å². The third kappa shape index (κ3) is 6.63. The van der Waals surface area contributed by atoms with Crippen LogP contribution < -0.4 is 15.8 Å². The molecular formula is C25H25F4N3O4S. The predicted molar refractivity (Wildman–Crippen MR) is 130 cm³/mol. The molecule has 0 saturated carbocycles. The van der Waals surface area contributed by atoms with Crippen LogP contribution in [-0.2, 0) is 27.4 Å². The Balaban J connectivity index is 1.85. The van der Waals surface area contributed by atoms with Crippen molar-refractivity contribution in [2.75, 3.05) is 13.4 Å². The van der Waals surface area contributed by atoms with Crippen LogP contribution in [0.15, 0.2) is 54.6 Å². The number of aromatic nitrogens is 1. The highest BCUT2D eigenvalue weighted by atomic mass is 32.2. The number of benzene rings is 2. The highest BCUT2D eigenvalue weighted by Gasteiger charge is 2.33. The number of pyridine rings is 1. The van der Waals surface area contributed by atoms with Crippen LogP contribution in [0.2, 0.25) is 0 Å². The highest BCUT2D eigenvalue weighted by Crippen LogP contribution is 2.32. The number of hydrogen-bond donors (Lipinski definition) is 2. The summed E-state index contributed by atoms with van der Waals surface area (Å²) < 4.78 is 82.9. The van der Waals surface area contributed by atoms with Gasteiger partial charge in [0.25, 0.3) is 0 Å². The first-order chi connectivity index (χ1) is 17.2. The zero-order chi connectivity index (χ0) is 27.5. The lowest BCUT2D eigenvalue weighted by atomic mass is 9.98. The zero-order valence-electron chi connectivity index (χ0n) is 20.1. The van der Waals surface area contributed by atoms with Gasteiger partial charge in [-0.3, -0.25) is 4.79 Å². The van der Waals surface area contributed by atoms with E-state index in [1.165, 1.54) is 38.3 Å². The minimum atomic E-state index is -4.67. The molecule has 1 heterocycles. The topological polar surface area (TPSA) is 111 Å². The average molecular weight is 540 g/mol. The van der Waals surface area contributed by atoms with Crippen molar-refractivity contribution in [3.8, 4) is 17.0 Å². The number of alkyl halides is 3. The molecule has 2 aromatic carbocycles. The summed E-state index contributed by atoms with van der Waals surface area (Å²) in [5.74, 6) is -1.85. The summed E-state index contributed by atoms with van der Waals surface area (Å²) in [5, 5.41) is 1.09. The molecular weight excluding hydrogens is 514 g/mol. The first kappa shape index (κ1) is 28.1. The molecule has 2 atom stereocenters. The number of carbonyl (C=O) groups excluding carboxylic acids is 1. The van der Waals surface area contributed by atoms with E-state index < -0.39 is 44.7 Å². The van der Waals surface area contributed by atoms with Crippen molar-refractivity contribution in [1.82, 2.24) is 10.3 Å². The van der Waals surface area contributed by atoms with Crippen molar-refractivity contribution in [3.63, 3.8) is 0 Å². The third-order valence-corrected chi connectivity index (χ3v) is 6.93. The fraction of sp³-hybridized carbons (Fsp3) is 0.280. The highest BCUT2D eigenvalue weighted by molar-refractivity contribution is 7.90. The van der Waals surface area contributed by atoms with E-state index >= 15 is 0 Å². The van der Waals surface area contributed by atoms with Crippen LogP contribution in [0.25, 0.3) is 11.3 Å². The SMILES string of the molecule is COc1cccc(-c2nc(C(F)(F)F)ccc2CNC(=O)C(C)c2ccc(C(N)S(C)(=O)=O)c(F)c2)c1. The van der Waals surface area contributed by atoms with Gasteiger partial charge in [0.1, 0.15) is 22.6 Å². The normalized spacial score (nSPS) is 13.6. The Labute approximate surface area is 211 Å². The maximum Gasteiger partial charge on any atom is 0.433 e. The van der Waals surface area contributed by atoms with Gasteiger partial charge in [0, 0.05) is 23.9 Å². The van der Waals surface area contributed by atoms with Crippen molar-refractivity contribution >= 4 is 15.7 Å². The maximum absolute atomic E-state index is 14.6. The van der Waals surface area contributed by atoms with Crippen LogP contribution in [0.4, 0.5) is 17.6 Å². The van der Waals surface area contributed by atoms with Crippen LogP contribution in [0.5, 0.6) is 5.75 Å². The van der Waals surface area contributed by atoms with Crippen LogP contribution in [0.1, 0.15) is 40.6 Å². The van der Waals surface area contributed by atoms with E-state index in [-0.39, 0.29) is 23.4 Å². The van der Waals surface area contributed by atoms with Crippen molar-refractivity contribution < 1.29 is 35.5 Å².